The Labute approximate surface area is 336 Å². The summed E-state index contributed by atoms with van der Waals surface area (Å²) in [4.78, 5) is 14.4. The van der Waals surface area contributed by atoms with Crippen LogP contribution in [0.2, 0.25) is 19.6 Å². The van der Waals surface area contributed by atoms with Gasteiger partial charge in [-0.25, -0.2) is 0 Å². The number of hydrogen-bond donors (Lipinski definition) is 0. The van der Waals surface area contributed by atoms with Gasteiger partial charge in [0.1, 0.15) is 0 Å². The summed E-state index contributed by atoms with van der Waals surface area (Å²) in [7, 11) is -1.39. The first-order chi connectivity index (χ1) is 25.8. The zero-order valence-electron chi connectivity index (χ0n) is 31.6. The minimum atomic E-state index is -1.39. The Kier molecular flexibility index (Phi) is 13.0. The molecule has 1 atom stereocenters. The molecule has 0 bridgehead atoms. The average molecular weight is 898 g/mol. The zero-order valence-corrected chi connectivity index (χ0v) is 35.0. The van der Waals surface area contributed by atoms with E-state index >= 15 is 0 Å². The molecular weight excluding hydrogens is 851 g/mol. The minimum absolute atomic E-state index is 0. The van der Waals surface area contributed by atoms with Gasteiger partial charge in [-0.3, -0.25) is 4.98 Å². The van der Waals surface area contributed by atoms with Crippen molar-refractivity contribution in [2.24, 2.45) is 5.92 Å². The monoisotopic (exact) mass is 898 g/mol. The van der Waals surface area contributed by atoms with Gasteiger partial charge in [-0.2, -0.15) is 12.1 Å². The molecule has 273 valence electrons. The van der Waals surface area contributed by atoms with Crippen LogP contribution >= 0.6 is 0 Å². The van der Waals surface area contributed by atoms with Crippen molar-refractivity contribution in [1.29, 1.82) is 0 Å². The minimum Gasteiger partial charge on any atom is -0.317 e. The average Bonchev–Trinajstić information content (AvgIpc) is 3.77. The molecule has 4 aromatic carbocycles. The third-order valence-electron chi connectivity index (χ3n) is 10.4. The normalized spacial score (nSPS) is 13.3. The fraction of sp³-hybridized carbons (Fsp3) is 0.204. The summed E-state index contributed by atoms with van der Waals surface area (Å²) >= 11 is 0. The van der Waals surface area contributed by atoms with Crippen LogP contribution in [-0.2, 0) is 20.1 Å². The van der Waals surface area contributed by atoms with Gasteiger partial charge in [-0.1, -0.05) is 148 Å². The van der Waals surface area contributed by atoms with Crippen molar-refractivity contribution in [2.75, 3.05) is 0 Å². The Bertz CT molecular complexity index is 2230. The third kappa shape index (κ3) is 9.28. The number of hydrogen-bond acceptors (Lipinski definition) is 3. The van der Waals surface area contributed by atoms with E-state index in [1.807, 2.05) is 60.8 Å². The second kappa shape index (κ2) is 18.0. The van der Waals surface area contributed by atoms with E-state index in [4.69, 9.17) is 15.0 Å². The van der Waals surface area contributed by atoms with E-state index in [2.05, 4.69) is 130 Å². The van der Waals surface area contributed by atoms with Gasteiger partial charge in [-0.05, 0) is 69.2 Å². The molecule has 0 aliphatic heterocycles. The Balaban J connectivity index is 0.000000187. The van der Waals surface area contributed by atoms with Gasteiger partial charge in [-0.15, -0.1) is 42.0 Å². The van der Waals surface area contributed by atoms with Crippen LogP contribution in [0.15, 0.2) is 152 Å². The van der Waals surface area contributed by atoms with Crippen molar-refractivity contribution < 1.29 is 20.1 Å². The Hall–Kier alpha value is -4.80. The van der Waals surface area contributed by atoms with Crippen LogP contribution in [-0.4, -0.2) is 23.0 Å². The summed E-state index contributed by atoms with van der Waals surface area (Å²) in [6.45, 7) is 9.74. The summed E-state index contributed by atoms with van der Waals surface area (Å²) in [5.41, 5.74) is 11.8. The van der Waals surface area contributed by atoms with Crippen molar-refractivity contribution in [3.8, 4) is 56.2 Å². The number of aromatic nitrogens is 3. The van der Waals surface area contributed by atoms with Gasteiger partial charge in [0.05, 0.1) is 8.07 Å². The maximum atomic E-state index is 4.83. The van der Waals surface area contributed by atoms with Crippen LogP contribution < -0.4 is 5.19 Å². The molecule has 1 unspecified atom stereocenters. The molecule has 0 N–H and O–H groups in total. The predicted molar refractivity (Wildman–Crippen MR) is 224 cm³/mol. The van der Waals surface area contributed by atoms with Crippen molar-refractivity contribution in [3.63, 3.8) is 0 Å². The van der Waals surface area contributed by atoms with Gasteiger partial charge >= 0.3 is 0 Å². The second-order valence-electron chi connectivity index (χ2n) is 15.1. The SMILES string of the molecule is CC(c1cc(-c2[c-]cccc2)ncc1[Si](C)(C)C)C1CCCC1.[Ir].[c-]1ccc(-c2ccccc2)nc1-c1cc(-c2ccccc2)c(-c2ccccc2)cn1. The van der Waals surface area contributed by atoms with Crippen molar-refractivity contribution >= 4 is 13.3 Å². The van der Waals surface area contributed by atoms with Gasteiger partial charge in [0.25, 0.3) is 0 Å². The van der Waals surface area contributed by atoms with Crippen molar-refractivity contribution in [1.82, 2.24) is 15.0 Å². The molecule has 1 radical (unpaired) electrons. The topological polar surface area (TPSA) is 38.7 Å². The molecule has 0 spiro atoms. The first kappa shape index (κ1) is 38.9. The zero-order chi connectivity index (χ0) is 36.6. The molecule has 1 aliphatic rings. The molecule has 7 aromatic rings. The standard InChI is InChI=1S/C28H19N2.C21H28NSi.Ir/c1-4-11-21(12-5-1)24-19-28(29-20-25(24)22-13-6-2-7-14-22)27-18-10-17-26(30-27)23-15-8-3-9-16-23;1-16(17-10-8-9-11-17)19-14-20(18-12-6-5-7-13-18)22-15-21(19)23(2,3)4;/h1-17,19-20H;5-7,12,14-17H,8-11H2,1-4H3;/q2*-1;. The summed E-state index contributed by atoms with van der Waals surface area (Å²) in [6, 6.07) is 54.1. The molecule has 3 nitrogen and oxygen atoms in total. The second-order valence-corrected chi connectivity index (χ2v) is 20.1. The van der Waals surface area contributed by atoms with Crippen LogP contribution in [0.4, 0.5) is 0 Å². The fourth-order valence-electron chi connectivity index (χ4n) is 7.47. The van der Waals surface area contributed by atoms with Crippen molar-refractivity contribution in [2.45, 2.75) is 58.2 Å². The molecule has 54 heavy (non-hydrogen) atoms. The number of rotatable bonds is 8. The molecule has 8 rings (SSSR count). The van der Waals surface area contributed by atoms with Gasteiger partial charge in [0.15, 0.2) is 0 Å². The van der Waals surface area contributed by atoms with Gasteiger partial charge < -0.3 is 9.97 Å². The first-order valence-corrected chi connectivity index (χ1v) is 22.4. The molecule has 5 heteroatoms. The molecule has 1 saturated carbocycles. The first-order valence-electron chi connectivity index (χ1n) is 18.9. The Morgan fingerprint density at radius 1 is 0.593 bits per heavy atom. The maximum Gasteiger partial charge on any atom is 0.0799 e. The smallest absolute Gasteiger partial charge is 0.0799 e. The van der Waals surface area contributed by atoms with E-state index in [1.54, 1.807) is 5.56 Å². The number of benzene rings is 4. The van der Waals surface area contributed by atoms with Gasteiger partial charge in [0.2, 0.25) is 0 Å². The number of nitrogens with zero attached hydrogens (tertiary/aromatic N) is 3. The third-order valence-corrected chi connectivity index (χ3v) is 12.4. The van der Waals surface area contributed by atoms with E-state index in [9.17, 15) is 0 Å². The van der Waals surface area contributed by atoms with E-state index in [1.165, 1.54) is 30.9 Å². The van der Waals surface area contributed by atoms with Crippen LogP contribution in [0, 0.1) is 18.1 Å². The molecule has 0 amide bonds. The quantitative estimate of drug-likeness (QED) is 0.113. The van der Waals surface area contributed by atoms with E-state index < -0.39 is 8.07 Å². The van der Waals surface area contributed by atoms with Crippen molar-refractivity contribution in [3.05, 3.63) is 170 Å². The summed E-state index contributed by atoms with van der Waals surface area (Å²) in [5.74, 6) is 1.49. The molecule has 1 aliphatic carbocycles. The summed E-state index contributed by atoms with van der Waals surface area (Å²) in [6.07, 6.45) is 9.70. The summed E-state index contributed by atoms with van der Waals surface area (Å²) < 4.78 is 0. The molecular formula is C49H47IrN3Si-2. The van der Waals surface area contributed by atoms with Crippen LogP contribution in [0.1, 0.15) is 44.1 Å². The Morgan fingerprint density at radius 2 is 1.19 bits per heavy atom. The Morgan fingerprint density at radius 3 is 1.80 bits per heavy atom. The van der Waals surface area contributed by atoms with Crippen LogP contribution in [0.3, 0.4) is 0 Å². The molecule has 0 saturated heterocycles. The molecule has 1 fully saturated rings. The fourth-order valence-corrected chi connectivity index (χ4v) is 9.08. The predicted octanol–water partition coefficient (Wildman–Crippen LogP) is 12.3. The number of pyridine rings is 3. The van der Waals surface area contributed by atoms with Crippen LogP contribution in [0.5, 0.6) is 0 Å². The van der Waals surface area contributed by atoms with E-state index in [0.717, 1.165) is 62.1 Å². The van der Waals surface area contributed by atoms with E-state index in [-0.39, 0.29) is 20.1 Å². The largest absolute Gasteiger partial charge is 0.317 e. The van der Waals surface area contributed by atoms with E-state index in [0.29, 0.717) is 5.92 Å². The van der Waals surface area contributed by atoms with Crippen LogP contribution in [0.25, 0.3) is 56.2 Å². The summed E-state index contributed by atoms with van der Waals surface area (Å²) in [5, 5.41) is 1.54. The molecule has 3 aromatic heterocycles. The van der Waals surface area contributed by atoms with Gasteiger partial charge in [0, 0.05) is 43.8 Å². The molecule has 3 heterocycles. The maximum absolute atomic E-state index is 4.83.